The van der Waals surface area contributed by atoms with Crippen molar-refractivity contribution in [1.82, 2.24) is 15.6 Å². The maximum absolute atomic E-state index is 11.7. The van der Waals surface area contributed by atoms with Crippen molar-refractivity contribution in [2.45, 2.75) is 12.8 Å². The fourth-order valence-corrected chi connectivity index (χ4v) is 1.82. The average Bonchev–Trinajstić information content (AvgIpc) is 3.08. The lowest BCUT2D eigenvalue weighted by atomic mass is 10.1. The number of aromatic nitrogens is 1. The Hall–Kier alpha value is -1.42. The van der Waals surface area contributed by atoms with Crippen molar-refractivity contribution in [1.29, 1.82) is 0 Å². The third kappa shape index (κ3) is 2.58. The van der Waals surface area contributed by atoms with Crippen LogP contribution < -0.4 is 10.6 Å². The maximum atomic E-state index is 11.7. The molecule has 1 amide bonds. The van der Waals surface area contributed by atoms with Crippen LogP contribution in [0.15, 0.2) is 24.4 Å². The first kappa shape index (κ1) is 11.1. The lowest BCUT2D eigenvalue weighted by molar-refractivity contribution is 0.0940. The van der Waals surface area contributed by atoms with Crippen molar-refractivity contribution in [3.05, 3.63) is 30.1 Å². The zero-order valence-corrected chi connectivity index (χ0v) is 9.49. The van der Waals surface area contributed by atoms with Crippen molar-refractivity contribution in [3.63, 3.8) is 0 Å². The van der Waals surface area contributed by atoms with E-state index < -0.39 is 0 Å². The summed E-state index contributed by atoms with van der Waals surface area (Å²) in [6.45, 7) is 1.71. The minimum atomic E-state index is -0.0806. The Labute approximate surface area is 95.5 Å². The molecule has 0 unspecified atom stereocenters. The second-order valence-electron chi connectivity index (χ2n) is 4.43. The number of pyridine rings is 1. The van der Waals surface area contributed by atoms with Gasteiger partial charge in [0.25, 0.3) is 5.91 Å². The van der Waals surface area contributed by atoms with Crippen molar-refractivity contribution >= 4 is 5.91 Å². The van der Waals surface area contributed by atoms with Crippen molar-refractivity contribution in [2.75, 3.05) is 20.1 Å². The van der Waals surface area contributed by atoms with Crippen LogP contribution in [-0.2, 0) is 0 Å². The number of nitrogens with zero attached hydrogens (tertiary/aromatic N) is 1. The van der Waals surface area contributed by atoms with E-state index in [0.29, 0.717) is 11.1 Å². The van der Waals surface area contributed by atoms with Gasteiger partial charge in [-0.3, -0.25) is 9.78 Å². The lowest BCUT2D eigenvalue weighted by Gasteiger charge is -2.14. The monoisotopic (exact) mass is 219 g/mol. The molecule has 1 saturated carbocycles. The lowest BCUT2D eigenvalue weighted by Crippen LogP contribution is -2.35. The number of carbonyl (C=O) groups is 1. The molecule has 0 aliphatic heterocycles. The maximum Gasteiger partial charge on any atom is 0.269 e. The highest BCUT2D eigenvalue weighted by Gasteiger charge is 2.41. The van der Waals surface area contributed by atoms with E-state index >= 15 is 0 Å². The smallest absolute Gasteiger partial charge is 0.269 e. The molecule has 16 heavy (non-hydrogen) atoms. The SMILES string of the molecule is CNCC1(CNC(=O)c2ccccn2)CC1. The van der Waals surface area contributed by atoms with E-state index in [1.165, 1.54) is 12.8 Å². The number of nitrogens with one attached hydrogen (secondary N) is 2. The summed E-state index contributed by atoms with van der Waals surface area (Å²) in [7, 11) is 1.95. The minimum Gasteiger partial charge on any atom is -0.350 e. The predicted molar refractivity (Wildman–Crippen MR) is 62.2 cm³/mol. The average molecular weight is 219 g/mol. The summed E-state index contributed by atoms with van der Waals surface area (Å²) in [5, 5.41) is 6.11. The molecule has 86 valence electrons. The molecule has 0 saturated heterocycles. The van der Waals surface area contributed by atoms with E-state index in [4.69, 9.17) is 0 Å². The van der Waals surface area contributed by atoms with Crippen molar-refractivity contribution in [2.24, 2.45) is 5.41 Å². The largest absolute Gasteiger partial charge is 0.350 e. The van der Waals surface area contributed by atoms with Gasteiger partial charge >= 0.3 is 0 Å². The van der Waals surface area contributed by atoms with Gasteiger partial charge in [0.05, 0.1) is 0 Å². The first-order valence-corrected chi connectivity index (χ1v) is 5.60. The molecule has 0 bridgehead atoms. The van der Waals surface area contributed by atoms with Gasteiger partial charge in [-0.25, -0.2) is 0 Å². The van der Waals surface area contributed by atoms with Crippen LogP contribution in [0.1, 0.15) is 23.3 Å². The van der Waals surface area contributed by atoms with Crippen LogP contribution in [0.3, 0.4) is 0 Å². The van der Waals surface area contributed by atoms with Gasteiger partial charge in [0, 0.05) is 24.7 Å². The van der Waals surface area contributed by atoms with Crippen molar-refractivity contribution < 1.29 is 4.79 Å². The molecule has 1 fully saturated rings. The number of carbonyl (C=O) groups excluding carboxylic acids is 1. The normalized spacial score (nSPS) is 16.8. The minimum absolute atomic E-state index is 0.0806. The molecule has 0 radical (unpaired) electrons. The Kier molecular flexibility index (Phi) is 3.19. The molecule has 1 aromatic heterocycles. The van der Waals surface area contributed by atoms with E-state index in [-0.39, 0.29) is 5.91 Å². The highest BCUT2D eigenvalue weighted by atomic mass is 16.1. The van der Waals surface area contributed by atoms with Gasteiger partial charge in [-0.1, -0.05) is 6.07 Å². The van der Waals surface area contributed by atoms with Gasteiger partial charge in [0.2, 0.25) is 0 Å². The number of rotatable bonds is 5. The summed E-state index contributed by atoms with van der Waals surface area (Å²) >= 11 is 0. The van der Waals surface area contributed by atoms with Gasteiger partial charge in [0.1, 0.15) is 5.69 Å². The quantitative estimate of drug-likeness (QED) is 0.770. The summed E-state index contributed by atoms with van der Waals surface area (Å²) in [6.07, 6.45) is 4.02. The molecule has 2 rings (SSSR count). The Bertz CT molecular complexity index is 360. The van der Waals surface area contributed by atoms with Crippen LogP contribution in [0.2, 0.25) is 0 Å². The summed E-state index contributed by atoms with van der Waals surface area (Å²) in [6, 6.07) is 5.36. The first-order chi connectivity index (χ1) is 7.76. The standard InChI is InChI=1S/C12H17N3O/c1-13-8-12(5-6-12)9-15-11(16)10-4-2-3-7-14-10/h2-4,7,13H,5-6,8-9H2,1H3,(H,15,16). The zero-order chi connectivity index (χ0) is 11.4. The van der Waals surface area contributed by atoms with Crippen molar-refractivity contribution in [3.8, 4) is 0 Å². The van der Waals surface area contributed by atoms with Crippen LogP contribution >= 0.6 is 0 Å². The Morgan fingerprint density at radius 2 is 2.25 bits per heavy atom. The summed E-state index contributed by atoms with van der Waals surface area (Å²) in [5.41, 5.74) is 0.780. The summed E-state index contributed by atoms with van der Waals surface area (Å²) in [4.78, 5) is 15.7. The number of hydrogen-bond donors (Lipinski definition) is 2. The molecule has 0 aromatic carbocycles. The molecule has 4 heteroatoms. The topological polar surface area (TPSA) is 54.0 Å². The molecule has 0 spiro atoms. The van der Waals surface area contributed by atoms with Crippen LogP contribution in [-0.4, -0.2) is 31.0 Å². The molecule has 1 aliphatic rings. The van der Waals surface area contributed by atoms with Crippen LogP contribution in [0, 0.1) is 5.41 Å². The molecular weight excluding hydrogens is 202 g/mol. The molecule has 2 N–H and O–H groups in total. The second-order valence-corrected chi connectivity index (χ2v) is 4.43. The number of hydrogen-bond acceptors (Lipinski definition) is 3. The fraction of sp³-hybridized carbons (Fsp3) is 0.500. The van der Waals surface area contributed by atoms with Crippen LogP contribution in [0.5, 0.6) is 0 Å². The molecule has 0 atom stereocenters. The molecule has 1 heterocycles. The van der Waals surface area contributed by atoms with Gasteiger partial charge in [-0.05, 0) is 32.0 Å². The van der Waals surface area contributed by atoms with Gasteiger partial charge in [0.15, 0.2) is 0 Å². The van der Waals surface area contributed by atoms with Gasteiger partial charge in [-0.15, -0.1) is 0 Å². The van der Waals surface area contributed by atoms with E-state index in [2.05, 4.69) is 15.6 Å². The Morgan fingerprint density at radius 3 is 2.81 bits per heavy atom. The Balaban J connectivity index is 1.85. The van der Waals surface area contributed by atoms with E-state index in [1.54, 1.807) is 18.3 Å². The summed E-state index contributed by atoms with van der Waals surface area (Å²) < 4.78 is 0. The molecule has 4 nitrogen and oxygen atoms in total. The van der Waals surface area contributed by atoms with Gasteiger partial charge < -0.3 is 10.6 Å². The van der Waals surface area contributed by atoms with E-state index in [0.717, 1.165) is 13.1 Å². The Morgan fingerprint density at radius 1 is 1.44 bits per heavy atom. The summed E-state index contributed by atoms with van der Waals surface area (Å²) in [5.74, 6) is -0.0806. The second kappa shape index (κ2) is 4.61. The van der Waals surface area contributed by atoms with Crippen LogP contribution in [0.4, 0.5) is 0 Å². The molecular formula is C12H17N3O. The van der Waals surface area contributed by atoms with Gasteiger partial charge in [-0.2, -0.15) is 0 Å². The predicted octanol–water partition coefficient (Wildman–Crippen LogP) is 0.811. The van der Waals surface area contributed by atoms with E-state index in [9.17, 15) is 4.79 Å². The third-order valence-electron chi connectivity index (χ3n) is 3.03. The third-order valence-corrected chi connectivity index (χ3v) is 3.03. The first-order valence-electron chi connectivity index (χ1n) is 5.60. The number of amides is 1. The van der Waals surface area contributed by atoms with E-state index in [1.807, 2.05) is 13.1 Å². The highest BCUT2D eigenvalue weighted by molar-refractivity contribution is 5.92. The zero-order valence-electron chi connectivity index (χ0n) is 9.49. The molecule has 1 aromatic rings. The molecule has 1 aliphatic carbocycles. The van der Waals surface area contributed by atoms with Crippen LogP contribution in [0.25, 0.3) is 0 Å². The fourth-order valence-electron chi connectivity index (χ4n) is 1.82. The highest BCUT2D eigenvalue weighted by Crippen LogP contribution is 2.44.